The van der Waals surface area contributed by atoms with Crippen molar-refractivity contribution in [1.29, 1.82) is 0 Å². The molecule has 1 rings (SSSR count). The molecule has 0 saturated carbocycles. The molecule has 0 aliphatic rings. The van der Waals surface area contributed by atoms with E-state index in [1.165, 1.54) is 0 Å². The van der Waals surface area contributed by atoms with Crippen molar-refractivity contribution in [3.8, 4) is 5.75 Å². The largest absolute Gasteiger partial charge is 0.490 e. The molecule has 0 saturated heterocycles. The zero-order valence-electron chi connectivity index (χ0n) is 13.4. The van der Waals surface area contributed by atoms with Crippen LogP contribution in [0.5, 0.6) is 5.75 Å². The molecule has 0 spiro atoms. The molecule has 1 atom stereocenters. The van der Waals surface area contributed by atoms with Crippen molar-refractivity contribution in [2.45, 2.75) is 33.7 Å². The highest BCUT2D eigenvalue weighted by Crippen LogP contribution is 2.14. The van der Waals surface area contributed by atoms with Crippen molar-refractivity contribution in [1.82, 2.24) is 5.32 Å². The normalized spacial score (nSPS) is 11.7. The molecule has 0 aromatic heterocycles. The molecule has 2 N–H and O–H groups in total. The lowest BCUT2D eigenvalue weighted by molar-refractivity contribution is -0.140. The highest BCUT2D eigenvalue weighted by atomic mass is 16.5. The Morgan fingerprint density at radius 2 is 2.00 bits per heavy atom. The maximum absolute atomic E-state index is 12.2. The molecule has 120 valence electrons. The van der Waals surface area contributed by atoms with Crippen LogP contribution in [0.3, 0.4) is 0 Å². The third-order valence-corrected chi connectivity index (χ3v) is 3.06. The fourth-order valence-corrected chi connectivity index (χ4v) is 1.77. The molecule has 22 heavy (non-hydrogen) atoms. The molecule has 5 nitrogen and oxygen atoms in total. The maximum Gasteiger partial charge on any atom is 0.326 e. The summed E-state index contributed by atoms with van der Waals surface area (Å²) in [6.07, 6.45) is 1.94. The van der Waals surface area contributed by atoms with E-state index in [-0.39, 0.29) is 5.92 Å². The third kappa shape index (κ3) is 5.60. The zero-order valence-corrected chi connectivity index (χ0v) is 13.4. The van der Waals surface area contributed by atoms with Crippen LogP contribution in [0.15, 0.2) is 35.9 Å². The van der Waals surface area contributed by atoms with E-state index in [9.17, 15) is 9.59 Å². The van der Waals surface area contributed by atoms with Crippen LogP contribution in [0.2, 0.25) is 0 Å². The lowest BCUT2D eigenvalue weighted by Crippen LogP contribution is -2.44. The second kappa shape index (κ2) is 8.22. The van der Waals surface area contributed by atoms with E-state index in [2.05, 4.69) is 5.32 Å². The number of hydrogen-bond donors (Lipinski definition) is 2. The second-order valence-corrected chi connectivity index (χ2v) is 5.65. The van der Waals surface area contributed by atoms with Gasteiger partial charge in [-0.1, -0.05) is 25.5 Å². The number of hydrogen-bond acceptors (Lipinski definition) is 3. The van der Waals surface area contributed by atoms with Crippen molar-refractivity contribution < 1.29 is 19.4 Å². The van der Waals surface area contributed by atoms with Gasteiger partial charge in [0, 0.05) is 5.56 Å². The SMILES string of the molecule is CC(C)=CCOc1cccc(C(=O)NC(C(=O)O)C(C)C)c1. The molecular weight excluding hydrogens is 282 g/mol. The summed E-state index contributed by atoms with van der Waals surface area (Å²) in [5.41, 5.74) is 1.52. The summed E-state index contributed by atoms with van der Waals surface area (Å²) in [6, 6.07) is 5.78. The number of benzene rings is 1. The van der Waals surface area contributed by atoms with Crippen LogP contribution in [-0.4, -0.2) is 29.6 Å². The Morgan fingerprint density at radius 1 is 1.32 bits per heavy atom. The molecule has 0 fully saturated rings. The van der Waals surface area contributed by atoms with Gasteiger partial charge < -0.3 is 15.2 Å². The first-order valence-corrected chi connectivity index (χ1v) is 7.21. The highest BCUT2D eigenvalue weighted by molar-refractivity contribution is 5.96. The number of nitrogens with one attached hydrogen (secondary N) is 1. The van der Waals surface area contributed by atoms with E-state index in [0.29, 0.717) is 17.9 Å². The van der Waals surface area contributed by atoms with E-state index < -0.39 is 17.9 Å². The first kappa shape index (κ1) is 17.8. The van der Waals surface area contributed by atoms with Gasteiger partial charge >= 0.3 is 5.97 Å². The third-order valence-electron chi connectivity index (χ3n) is 3.06. The molecule has 0 radical (unpaired) electrons. The van der Waals surface area contributed by atoms with Crippen LogP contribution in [-0.2, 0) is 4.79 Å². The average Bonchev–Trinajstić information content (AvgIpc) is 2.43. The summed E-state index contributed by atoms with van der Waals surface area (Å²) in [5.74, 6) is -1.09. The van der Waals surface area contributed by atoms with Gasteiger partial charge in [-0.3, -0.25) is 4.79 Å². The second-order valence-electron chi connectivity index (χ2n) is 5.65. The number of carboxylic acids is 1. The standard InChI is InChI=1S/C17H23NO4/c1-11(2)8-9-22-14-7-5-6-13(10-14)16(19)18-15(12(3)4)17(20)21/h5-8,10,12,15H,9H2,1-4H3,(H,18,19)(H,20,21). The smallest absolute Gasteiger partial charge is 0.326 e. The van der Waals surface area contributed by atoms with Gasteiger partial charge in [0.1, 0.15) is 18.4 Å². The molecule has 0 aliphatic carbocycles. The molecule has 0 heterocycles. The Kier molecular flexibility index (Phi) is 6.63. The zero-order chi connectivity index (χ0) is 16.7. The van der Waals surface area contributed by atoms with E-state index >= 15 is 0 Å². The first-order valence-electron chi connectivity index (χ1n) is 7.21. The summed E-state index contributed by atoms with van der Waals surface area (Å²) in [5, 5.41) is 11.6. The van der Waals surface area contributed by atoms with Crippen LogP contribution in [0.1, 0.15) is 38.1 Å². The topological polar surface area (TPSA) is 75.6 Å². The Balaban J connectivity index is 2.77. The van der Waals surface area contributed by atoms with Crippen molar-refractivity contribution in [2.24, 2.45) is 5.92 Å². The number of rotatable bonds is 7. The minimum Gasteiger partial charge on any atom is -0.490 e. The van der Waals surface area contributed by atoms with Crippen LogP contribution >= 0.6 is 0 Å². The van der Waals surface area contributed by atoms with E-state index in [1.807, 2.05) is 19.9 Å². The predicted molar refractivity (Wildman–Crippen MR) is 85.1 cm³/mol. The van der Waals surface area contributed by atoms with Gasteiger partial charge in [-0.25, -0.2) is 4.79 Å². The summed E-state index contributed by atoms with van der Waals surface area (Å²) < 4.78 is 5.53. The van der Waals surface area contributed by atoms with Gasteiger partial charge in [0.2, 0.25) is 0 Å². The lowest BCUT2D eigenvalue weighted by atomic mass is 10.0. The molecular formula is C17H23NO4. The van der Waals surface area contributed by atoms with Gasteiger partial charge in [-0.2, -0.15) is 0 Å². The van der Waals surface area contributed by atoms with Gasteiger partial charge in [0.15, 0.2) is 0 Å². The minimum absolute atomic E-state index is 0.196. The van der Waals surface area contributed by atoms with Gasteiger partial charge in [0.25, 0.3) is 5.91 Å². The van der Waals surface area contributed by atoms with Crippen LogP contribution in [0.25, 0.3) is 0 Å². The summed E-state index contributed by atoms with van der Waals surface area (Å²) in [7, 11) is 0. The molecule has 1 unspecified atom stereocenters. The van der Waals surface area contributed by atoms with Crippen LogP contribution in [0.4, 0.5) is 0 Å². The number of amides is 1. The van der Waals surface area contributed by atoms with Crippen LogP contribution < -0.4 is 10.1 Å². The Labute approximate surface area is 131 Å². The number of allylic oxidation sites excluding steroid dienone is 1. The Hall–Kier alpha value is -2.30. The maximum atomic E-state index is 12.2. The lowest BCUT2D eigenvalue weighted by Gasteiger charge is -2.18. The Morgan fingerprint density at radius 3 is 2.55 bits per heavy atom. The molecule has 1 amide bonds. The van der Waals surface area contributed by atoms with Gasteiger partial charge in [-0.15, -0.1) is 0 Å². The van der Waals surface area contributed by atoms with E-state index in [1.54, 1.807) is 38.1 Å². The predicted octanol–water partition coefficient (Wildman–Crippen LogP) is 2.87. The first-order chi connectivity index (χ1) is 10.3. The van der Waals surface area contributed by atoms with Gasteiger partial charge in [-0.05, 0) is 44.0 Å². The summed E-state index contributed by atoms with van der Waals surface area (Å²) in [4.78, 5) is 23.3. The summed E-state index contributed by atoms with van der Waals surface area (Å²) >= 11 is 0. The van der Waals surface area contributed by atoms with Crippen molar-refractivity contribution in [3.63, 3.8) is 0 Å². The number of carbonyl (C=O) groups excluding carboxylic acids is 1. The van der Waals surface area contributed by atoms with E-state index in [4.69, 9.17) is 9.84 Å². The summed E-state index contributed by atoms with van der Waals surface area (Å²) in [6.45, 7) is 7.88. The minimum atomic E-state index is -1.04. The Bertz CT molecular complexity index is 560. The molecule has 5 heteroatoms. The fraction of sp³-hybridized carbons (Fsp3) is 0.412. The molecule has 0 aliphatic heterocycles. The quantitative estimate of drug-likeness (QED) is 0.760. The molecule has 1 aromatic carbocycles. The number of carboxylic acid groups (broad SMARTS) is 1. The fourth-order valence-electron chi connectivity index (χ4n) is 1.77. The molecule has 1 aromatic rings. The average molecular weight is 305 g/mol. The number of carbonyl (C=O) groups is 2. The monoisotopic (exact) mass is 305 g/mol. The van der Waals surface area contributed by atoms with Crippen molar-refractivity contribution in [3.05, 3.63) is 41.5 Å². The molecule has 0 bridgehead atoms. The van der Waals surface area contributed by atoms with Crippen LogP contribution in [0, 0.1) is 5.92 Å². The number of aliphatic carboxylic acids is 1. The van der Waals surface area contributed by atoms with E-state index in [0.717, 1.165) is 5.57 Å². The van der Waals surface area contributed by atoms with Crippen molar-refractivity contribution in [2.75, 3.05) is 6.61 Å². The number of ether oxygens (including phenoxy) is 1. The highest BCUT2D eigenvalue weighted by Gasteiger charge is 2.23. The van der Waals surface area contributed by atoms with Gasteiger partial charge in [0.05, 0.1) is 0 Å². The van der Waals surface area contributed by atoms with Crippen molar-refractivity contribution >= 4 is 11.9 Å².